The molecule has 0 spiro atoms. The summed E-state index contributed by atoms with van der Waals surface area (Å²) in [6.45, 7) is 5.41. The molecule has 0 bridgehead atoms. The van der Waals surface area contributed by atoms with Gasteiger partial charge in [-0.1, -0.05) is 0 Å². The number of ether oxygens (including phenoxy) is 1. The van der Waals surface area contributed by atoms with E-state index >= 15 is 0 Å². The van der Waals surface area contributed by atoms with E-state index in [9.17, 15) is 28.0 Å². The third-order valence-electron chi connectivity index (χ3n) is 5.35. The molecule has 3 atom stereocenters. The Kier molecular flexibility index (Phi) is 6.53. The van der Waals surface area contributed by atoms with Crippen LogP contribution in [-0.4, -0.2) is 63.6 Å². The van der Waals surface area contributed by atoms with Gasteiger partial charge in [-0.15, -0.1) is 0 Å². The molecule has 0 aromatic carbocycles. The Morgan fingerprint density at radius 1 is 1.28 bits per heavy atom. The number of nitrogens with one attached hydrogen (secondary N) is 1. The summed E-state index contributed by atoms with van der Waals surface area (Å²) in [5.41, 5.74) is -1.74. The number of carbonyl (C=O) groups excluding carboxylic acids is 2. The first kappa shape index (κ1) is 23.6. The van der Waals surface area contributed by atoms with Gasteiger partial charge in [0, 0.05) is 25.3 Å². The molecule has 174 valence electrons. The molecule has 3 rings (SSSR count). The summed E-state index contributed by atoms with van der Waals surface area (Å²) >= 11 is 0. The number of hydrogen-bond donors (Lipinski definition) is 1. The number of halogens is 3. The van der Waals surface area contributed by atoms with E-state index in [1.807, 2.05) is 0 Å². The molecule has 2 amide bonds. The molecular formula is C21H26F3N5O3. The normalized spacial score (nSPS) is 23.7. The second kappa shape index (κ2) is 8.84. The second-order valence-corrected chi connectivity index (χ2v) is 8.94. The zero-order chi connectivity index (χ0) is 23.7. The van der Waals surface area contributed by atoms with E-state index in [1.54, 1.807) is 20.8 Å². The Labute approximate surface area is 184 Å². The Balaban J connectivity index is 1.85. The summed E-state index contributed by atoms with van der Waals surface area (Å²) in [5.74, 6) is -0.764. The zero-order valence-electron chi connectivity index (χ0n) is 18.1. The lowest BCUT2D eigenvalue weighted by Crippen LogP contribution is -2.50. The molecule has 0 radical (unpaired) electrons. The van der Waals surface area contributed by atoms with Crippen LogP contribution >= 0.6 is 0 Å². The highest BCUT2D eigenvalue weighted by atomic mass is 19.4. The minimum absolute atomic E-state index is 0.0374. The van der Waals surface area contributed by atoms with E-state index in [0.29, 0.717) is 19.4 Å². The van der Waals surface area contributed by atoms with Crippen molar-refractivity contribution in [2.24, 2.45) is 0 Å². The van der Waals surface area contributed by atoms with Crippen LogP contribution in [0.5, 0.6) is 0 Å². The minimum atomic E-state index is -4.61. The van der Waals surface area contributed by atoms with Crippen LogP contribution in [0.2, 0.25) is 0 Å². The summed E-state index contributed by atoms with van der Waals surface area (Å²) < 4.78 is 45.5. The van der Waals surface area contributed by atoms with Crippen molar-refractivity contribution >= 4 is 17.8 Å². The van der Waals surface area contributed by atoms with Gasteiger partial charge in [0.05, 0.1) is 11.6 Å². The van der Waals surface area contributed by atoms with Gasteiger partial charge in [0.1, 0.15) is 23.5 Å². The third-order valence-corrected chi connectivity index (χ3v) is 5.35. The highest BCUT2D eigenvalue weighted by Gasteiger charge is 2.46. The maximum absolute atomic E-state index is 13.3. The van der Waals surface area contributed by atoms with Gasteiger partial charge in [-0.05, 0) is 52.2 Å². The van der Waals surface area contributed by atoms with Crippen molar-refractivity contribution in [2.45, 2.75) is 69.9 Å². The summed E-state index contributed by atoms with van der Waals surface area (Å²) in [5, 5.41) is 12.1. The Hall–Kier alpha value is -3.03. The minimum Gasteiger partial charge on any atom is -0.444 e. The van der Waals surface area contributed by atoms with Crippen LogP contribution in [-0.2, 0) is 15.7 Å². The van der Waals surface area contributed by atoms with Crippen LogP contribution in [0.25, 0.3) is 0 Å². The molecule has 0 saturated carbocycles. The number of nitriles is 1. The number of aromatic nitrogens is 1. The topological polar surface area (TPSA) is 98.6 Å². The Morgan fingerprint density at radius 3 is 2.62 bits per heavy atom. The molecule has 2 aliphatic heterocycles. The van der Waals surface area contributed by atoms with Crippen molar-refractivity contribution in [1.82, 2.24) is 14.8 Å². The lowest BCUT2D eigenvalue weighted by Gasteiger charge is -2.30. The zero-order valence-corrected chi connectivity index (χ0v) is 18.1. The molecule has 0 aliphatic carbocycles. The van der Waals surface area contributed by atoms with Crippen molar-refractivity contribution in [3.05, 3.63) is 23.9 Å². The number of anilines is 1. The third kappa shape index (κ3) is 5.23. The van der Waals surface area contributed by atoms with Crippen LogP contribution in [0.4, 0.5) is 23.8 Å². The van der Waals surface area contributed by atoms with Crippen LogP contribution in [0.1, 0.15) is 45.6 Å². The van der Waals surface area contributed by atoms with Gasteiger partial charge in [-0.3, -0.25) is 9.69 Å². The van der Waals surface area contributed by atoms with Crippen molar-refractivity contribution < 1.29 is 27.5 Å². The largest absolute Gasteiger partial charge is 0.444 e. The first-order valence-electron chi connectivity index (χ1n) is 10.4. The molecular weight excluding hydrogens is 427 g/mol. The van der Waals surface area contributed by atoms with Gasteiger partial charge in [-0.2, -0.15) is 18.4 Å². The fraction of sp³-hybridized carbons (Fsp3) is 0.619. The van der Waals surface area contributed by atoms with E-state index in [4.69, 9.17) is 4.74 Å². The monoisotopic (exact) mass is 453 g/mol. The number of pyridine rings is 1. The van der Waals surface area contributed by atoms with Crippen LogP contribution in [0.15, 0.2) is 18.3 Å². The SMILES string of the molecule is CC(C)(C)OC(=O)N1C[C@@H](Nc2ncccc2C(F)(F)F)C[C@H]1C(=O)N1CCCC1C#N. The second-order valence-electron chi connectivity index (χ2n) is 8.94. The van der Waals surface area contributed by atoms with Crippen molar-refractivity contribution in [1.29, 1.82) is 5.26 Å². The van der Waals surface area contributed by atoms with Gasteiger partial charge in [-0.25, -0.2) is 9.78 Å². The van der Waals surface area contributed by atoms with Crippen LogP contribution in [0.3, 0.4) is 0 Å². The maximum atomic E-state index is 13.3. The number of amides is 2. The molecule has 11 heteroatoms. The highest BCUT2D eigenvalue weighted by molar-refractivity contribution is 5.87. The fourth-order valence-corrected chi connectivity index (χ4v) is 4.00. The van der Waals surface area contributed by atoms with Crippen LogP contribution in [0, 0.1) is 11.3 Å². The predicted octanol–water partition coefficient (Wildman–Crippen LogP) is 3.40. The lowest BCUT2D eigenvalue weighted by atomic mass is 10.1. The van der Waals surface area contributed by atoms with Crippen molar-refractivity contribution in [2.75, 3.05) is 18.4 Å². The number of nitrogens with zero attached hydrogens (tertiary/aromatic N) is 4. The quantitative estimate of drug-likeness (QED) is 0.753. The molecule has 3 heterocycles. The predicted molar refractivity (Wildman–Crippen MR) is 108 cm³/mol. The average molecular weight is 453 g/mol. The van der Waals surface area contributed by atoms with Crippen molar-refractivity contribution in [3.8, 4) is 6.07 Å². The smallest absolute Gasteiger partial charge is 0.419 e. The van der Waals surface area contributed by atoms with E-state index < -0.39 is 47.5 Å². The maximum Gasteiger partial charge on any atom is 0.419 e. The first-order chi connectivity index (χ1) is 14.9. The number of hydrogen-bond acceptors (Lipinski definition) is 6. The van der Waals surface area contributed by atoms with Crippen molar-refractivity contribution in [3.63, 3.8) is 0 Å². The van der Waals surface area contributed by atoms with Gasteiger partial charge in [0.2, 0.25) is 5.91 Å². The molecule has 8 nitrogen and oxygen atoms in total. The summed E-state index contributed by atoms with van der Waals surface area (Å²) in [6.07, 6.45) is -2.81. The van der Waals surface area contributed by atoms with Gasteiger partial charge >= 0.3 is 12.3 Å². The summed E-state index contributed by atoms with van der Waals surface area (Å²) in [6, 6.07) is 2.02. The molecule has 2 aliphatic rings. The molecule has 1 aromatic heterocycles. The standard InChI is InChI=1S/C21H26F3N5O3/c1-20(2,3)32-19(31)29-12-13(27-17-15(21(22,23)24)7-4-8-26-17)10-16(29)18(30)28-9-5-6-14(28)11-25/h4,7-8,13-14,16H,5-6,9-10,12H2,1-3H3,(H,26,27)/t13-,14?,16-/m0/s1. The summed E-state index contributed by atoms with van der Waals surface area (Å²) in [4.78, 5) is 32.5. The first-order valence-corrected chi connectivity index (χ1v) is 10.4. The number of rotatable bonds is 3. The van der Waals surface area contributed by atoms with E-state index in [2.05, 4.69) is 16.4 Å². The summed E-state index contributed by atoms with van der Waals surface area (Å²) in [7, 11) is 0. The molecule has 1 aromatic rings. The number of likely N-dealkylation sites (tertiary alicyclic amines) is 2. The molecule has 32 heavy (non-hydrogen) atoms. The van der Waals surface area contributed by atoms with Crippen LogP contribution < -0.4 is 5.32 Å². The lowest BCUT2D eigenvalue weighted by molar-refractivity contribution is -0.137. The Bertz CT molecular complexity index is 909. The van der Waals surface area contributed by atoms with Gasteiger partial charge < -0.3 is 15.0 Å². The Morgan fingerprint density at radius 2 is 2.00 bits per heavy atom. The molecule has 1 N–H and O–H groups in total. The molecule has 1 unspecified atom stereocenters. The highest BCUT2D eigenvalue weighted by Crippen LogP contribution is 2.35. The van der Waals surface area contributed by atoms with Gasteiger partial charge in [0.25, 0.3) is 0 Å². The van der Waals surface area contributed by atoms with E-state index in [0.717, 1.165) is 6.07 Å². The molecule has 2 fully saturated rings. The average Bonchev–Trinajstić information content (AvgIpc) is 3.32. The number of carbonyl (C=O) groups is 2. The van der Waals surface area contributed by atoms with E-state index in [-0.39, 0.29) is 18.8 Å². The fourth-order valence-electron chi connectivity index (χ4n) is 4.00. The van der Waals surface area contributed by atoms with E-state index in [1.165, 1.54) is 22.1 Å². The molecule has 2 saturated heterocycles. The number of alkyl halides is 3. The van der Waals surface area contributed by atoms with Gasteiger partial charge in [0.15, 0.2) is 0 Å².